The first-order chi connectivity index (χ1) is 15.1. The number of aromatic hydroxyl groups is 1. The summed E-state index contributed by atoms with van der Waals surface area (Å²) < 4.78 is 33.7. The van der Waals surface area contributed by atoms with Crippen molar-refractivity contribution in [3.05, 3.63) is 41.0 Å². The molecule has 0 heterocycles. The lowest BCUT2D eigenvalue weighted by molar-refractivity contribution is -0.147. The third-order valence-corrected chi connectivity index (χ3v) is 6.73. The second-order valence-electron chi connectivity index (χ2n) is 7.62. The van der Waals surface area contributed by atoms with Crippen LogP contribution < -0.4 is 14.8 Å². The van der Waals surface area contributed by atoms with E-state index in [0.29, 0.717) is 36.3 Å². The van der Waals surface area contributed by atoms with Gasteiger partial charge in [0.05, 0.1) is 0 Å². The fraction of sp³-hybridized carbons (Fsp3) is 0.364. The van der Waals surface area contributed by atoms with Crippen LogP contribution in [0.4, 0.5) is 5.69 Å². The van der Waals surface area contributed by atoms with E-state index >= 15 is 0 Å². The summed E-state index contributed by atoms with van der Waals surface area (Å²) in [7, 11) is -3.91. The van der Waals surface area contributed by atoms with Gasteiger partial charge >= 0.3 is 11.9 Å². The summed E-state index contributed by atoms with van der Waals surface area (Å²) in [5.41, 5.74) is 2.73. The molecule has 2 aromatic carbocycles. The lowest BCUT2D eigenvalue weighted by atomic mass is 10.0. The van der Waals surface area contributed by atoms with Crippen LogP contribution in [0.25, 0.3) is 0 Å². The molecular formula is C22H26N2O7S. The Morgan fingerprint density at radius 2 is 1.88 bits per heavy atom. The number of ether oxygens (including phenoxy) is 1. The van der Waals surface area contributed by atoms with Crippen LogP contribution in [-0.2, 0) is 32.5 Å². The molecule has 0 aromatic heterocycles. The number of carbonyl (C=O) groups is 2. The molecule has 0 spiro atoms. The molecule has 0 fully saturated rings. The van der Waals surface area contributed by atoms with Crippen LogP contribution in [0.15, 0.2) is 29.2 Å². The average molecular weight is 463 g/mol. The van der Waals surface area contributed by atoms with Crippen LogP contribution in [0.1, 0.15) is 42.9 Å². The number of phenolic OH excluding ortho intramolecular Hbond substituents is 1. The zero-order valence-electron chi connectivity index (χ0n) is 17.9. The summed E-state index contributed by atoms with van der Waals surface area (Å²) in [5.74, 6) is -2.30. The zero-order chi connectivity index (χ0) is 23.5. The Morgan fingerprint density at radius 1 is 1.16 bits per heavy atom. The summed E-state index contributed by atoms with van der Waals surface area (Å²) in [6.45, 7) is 3.97. The molecule has 0 radical (unpaired) electrons. The van der Waals surface area contributed by atoms with E-state index in [9.17, 15) is 23.1 Å². The number of unbranched alkanes of at least 4 members (excludes halogenated alkanes) is 1. The van der Waals surface area contributed by atoms with Crippen molar-refractivity contribution in [1.29, 1.82) is 0 Å². The summed E-state index contributed by atoms with van der Waals surface area (Å²) in [6.07, 6.45) is 3.63. The number of benzene rings is 2. The molecule has 0 atom stereocenters. The Hall–Kier alpha value is -3.11. The number of hydrogen-bond acceptors (Lipinski definition) is 6. The number of amides is 1. The Morgan fingerprint density at radius 3 is 2.56 bits per heavy atom. The predicted molar refractivity (Wildman–Crippen MR) is 118 cm³/mol. The number of carboxylic acids is 1. The number of nitrogens with one attached hydrogen (secondary N) is 2. The highest BCUT2D eigenvalue weighted by atomic mass is 32.2. The summed E-state index contributed by atoms with van der Waals surface area (Å²) in [5, 5.41) is 21.4. The van der Waals surface area contributed by atoms with Gasteiger partial charge in [-0.25, -0.2) is 17.9 Å². The van der Waals surface area contributed by atoms with Crippen molar-refractivity contribution in [1.82, 2.24) is 4.72 Å². The van der Waals surface area contributed by atoms with Crippen molar-refractivity contribution in [3.8, 4) is 17.2 Å². The largest absolute Gasteiger partial charge is 0.507 e. The number of hydrogen-bond donors (Lipinski definition) is 4. The highest BCUT2D eigenvalue weighted by Crippen LogP contribution is 2.41. The van der Waals surface area contributed by atoms with Crippen molar-refractivity contribution >= 4 is 27.6 Å². The van der Waals surface area contributed by atoms with E-state index in [0.717, 1.165) is 24.0 Å². The highest BCUT2D eigenvalue weighted by molar-refractivity contribution is 7.89. The van der Waals surface area contributed by atoms with Crippen molar-refractivity contribution in [2.75, 3.05) is 11.9 Å². The molecule has 0 saturated carbocycles. The molecule has 2 aromatic rings. The van der Waals surface area contributed by atoms with Crippen molar-refractivity contribution < 1.29 is 33.0 Å². The van der Waals surface area contributed by atoms with Crippen LogP contribution in [0.5, 0.6) is 17.2 Å². The Bertz CT molecular complexity index is 1160. The maximum atomic E-state index is 12.6. The average Bonchev–Trinajstić information content (AvgIpc) is 3.22. The quantitative estimate of drug-likeness (QED) is 0.349. The van der Waals surface area contributed by atoms with Gasteiger partial charge in [-0.2, -0.15) is 0 Å². The summed E-state index contributed by atoms with van der Waals surface area (Å²) in [4.78, 5) is 22.3. The van der Waals surface area contributed by atoms with Gasteiger partial charge in [-0.15, -0.1) is 0 Å². The predicted octanol–water partition coefficient (Wildman–Crippen LogP) is 3.08. The number of carbonyl (C=O) groups excluding carboxylic acids is 1. The van der Waals surface area contributed by atoms with E-state index in [4.69, 9.17) is 9.84 Å². The number of aryl methyl sites for hydroxylation is 1. The Balaban J connectivity index is 1.94. The minimum Gasteiger partial charge on any atom is -0.507 e. The SMILES string of the molecule is CCCCNS(=O)(=O)c1cc(Oc2c(C)cc(NC(=O)C(=O)O)c3c2CCC3)ccc1O. The maximum absolute atomic E-state index is 12.6. The fourth-order valence-corrected chi connectivity index (χ4v) is 4.86. The highest BCUT2D eigenvalue weighted by Gasteiger charge is 2.25. The van der Waals surface area contributed by atoms with Gasteiger partial charge in [-0.3, -0.25) is 4.79 Å². The van der Waals surface area contributed by atoms with Crippen LogP contribution >= 0.6 is 0 Å². The van der Waals surface area contributed by atoms with Crippen LogP contribution in [-0.4, -0.2) is 37.1 Å². The van der Waals surface area contributed by atoms with Gasteiger partial charge in [0, 0.05) is 23.9 Å². The van der Waals surface area contributed by atoms with E-state index in [1.807, 2.05) is 6.92 Å². The smallest absolute Gasteiger partial charge is 0.394 e. The molecule has 3 rings (SSSR count). The molecule has 1 amide bonds. The van der Waals surface area contributed by atoms with Gasteiger partial charge in [-0.1, -0.05) is 13.3 Å². The van der Waals surface area contributed by atoms with E-state index in [-0.39, 0.29) is 22.9 Å². The Labute approximate surface area is 186 Å². The van der Waals surface area contributed by atoms with Gasteiger partial charge < -0.3 is 20.3 Å². The molecule has 4 N–H and O–H groups in total. The molecule has 0 bridgehead atoms. The number of aliphatic carboxylic acids is 1. The molecular weight excluding hydrogens is 436 g/mol. The van der Waals surface area contributed by atoms with Crippen LogP contribution in [0.2, 0.25) is 0 Å². The third-order valence-electron chi connectivity index (χ3n) is 5.24. The van der Waals surface area contributed by atoms with E-state index < -0.39 is 21.9 Å². The molecule has 1 aliphatic carbocycles. The van der Waals surface area contributed by atoms with Gasteiger partial charge in [0.2, 0.25) is 10.0 Å². The summed E-state index contributed by atoms with van der Waals surface area (Å²) in [6, 6.07) is 5.65. The lowest BCUT2D eigenvalue weighted by Gasteiger charge is -2.18. The minimum absolute atomic E-state index is 0.234. The first-order valence-electron chi connectivity index (χ1n) is 10.3. The van der Waals surface area contributed by atoms with E-state index in [2.05, 4.69) is 10.0 Å². The lowest BCUT2D eigenvalue weighted by Crippen LogP contribution is -2.24. The number of anilines is 1. The number of rotatable bonds is 8. The molecule has 0 aliphatic heterocycles. The molecule has 172 valence electrons. The first kappa shape index (κ1) is 23.6. The standard InChI is InChI=1S/C22H26N2O7S/c1-3-4-10-23-32(29,30)19-12-14(8-9-18(19)25)31-20-13(2)11-17(24-21(26)22(27)28)15-6-5-7-16(15)20/h8-9,11-12,23,25H,3-7,10H2,1-2H3,(H,24,26)(H,27,28). The number of carboxylic acid groups (broad SMARTS) is 1. The number of fused-ring (bicyclic) bond motifs is 1. The van der Waals surface area contributed by atoms with Crippen molar-refractivity contribution in [3.63, 3.8) is 0 Å². The first-order valence-corrected chi connectivity index (χ1v) is 11.8. The third kappa shape index (κ3) is 5.03. The zero-order valence-corrected chi connectivity index (χ0v) is 18.7. The second-order valence-corrected chi connectivity index (χ2v) is 9.36. The summed E-state index contributed by atoms with van der Waals surface area (Å²) >= 11 is 0. The molecule has 9 nitrogen and oxygen atoms in total. The molecule has 0 saturated heterocycles. The van der Waals surface area contributed by atoms with E-state index in [1.165, 1.54) is 18.2 Å². The van der Waals surface area contributed by atoms with Gasteiger partial charge in [-0.05, 0) is 61.9 Å². The van der Waals surface area contributed by atoms with Gasteiger partial charge in [0.1, 0.15) is 22.1 Å². The molecule has 0 unspecified atom stereocenters. The van der Waals surface area contributed by atoms with Crippen molar-refractivity contribution in [2.45, 2.75) is 50.8 Å². The normalized spacial score (nSPS) is 12.9. The second kappa shape index (κ2) is 9.58. The maximum Gasteiger partial charge on any atom is 0.394 e. The van der Waals surface area contributed by atoms with Gasteiger partial charge in [0.25, 0.3) is 0 Å². The van der Waals surface area contributed by atoms with E-state index in [1.54, 1.807) is 13.0 Å². The monoisotopic (exact) mass is 462 g/mol. The van der Waals surface area contributed by atoms with Crippen molar-refractivity contribution in [2.24, 2.45) is 0 Å². The molecule has 10 heteroatoms. The Kier molecular flexibility index (Phi) is 7.05. The molecule has 1 aliphatic rings. The minimum atomic E-state index is -3.91. The van der Waals surface area contributed by atoms with Gasteiger partial charge in [0.15, 0.2) is 0 Å². The van der Waals surface area contributed by atoms with Crippen LogP contribution in [0, 0.1) is 6.92 Å². The number of sulfonamides is 1. The molecule has 32 heavy (non-hydrogen) atoms. The fourth-order valence-electron chi connectivity index (χ4n) is 3.68. The number of phenols is 1. The topological polar surface area (TPSA) is 142 Å². The van der Waals surface area contributed by atoms with Crippen LogP contribution in [0.3, 0.4) is 0 Å².